The molecule has 1 aromatic heterocycles. The lowest BCUT2D eigenvalue weighted by Gasteiger charge is -2.11. The number of carbonyl (C=O) groups excluding carboxylic acids is 1. The van der Waals surface area contributed by atoms with Crippen molar-refractivity contribution in [1.82, 2.24) is 10.2 Å². The molecule has 152 valence electrons. The Balaban J connectivity index is 1.56. The highest BCUT2D eigenvalue weighted by Crippen LogP contribution is 2.28. The van der Waals surface area contributed by atoms with E-state index in [4.69, 9.17) is 13.9 Å². The number of hydrogen-bond donors (Lipinski definition) is 1. The van der Waals surface area contributed by atoms with Crippen LogP contribution in [0.25, 0.3) is 0 Å². The molecule has 1 amide bonds. The molecule has 0 bridgehead atoms. The van der Waals surface area contributed by atoms with E-state index in [-0.39, 0.29) is 22.8 Å². The normalized spacial score (nSPS) is 12.8. The van der Waals surface area contributed by atoms with Gasteiger partial charge in [0.05, 0.1) is 12.4 Å². The van der Waals surface area contributed by atoms with E-state index in [1.165, 1.54) is 12.1 Å². The quantitative estimate of drug-likeness (QED) is 0.541. The number of nitrogens with one attached hydrogen (secondary N) is 1. The van der Waals surface area contributed by atoms with Gasteiger partial charge in [-0.05, 0) is 50.2 Å². The Hall–Kier alpha value is -3.07. The molecule has 0 unspecified atom stereocenters. The maximum atomic E-state index is 13.7. The number of thioether (sulfide) groups is 1. The fraction of sp³-hybridized carbons (Fsp3) is 0.250. The van der Waals surface area contributed by atoms with Crippen molar-refractivity contribution in [3.63, 3.8) is 0 Å². The summed E-state index contributed by atoms with van der Waals surface area (Å²) in [6.07, 6.45) is -0.641. The van der Waals surface area contributed by atoms with E-state index in [9.17, 15) is 9.18 Å². The second-order valence-electron chi connectivity index (χ2n) is 6.07. The van der Waals surface area contributed by atoms with Crippen molar-refractivity contribution in [3.05, 3.63) is 60.2 Å². The van der Waals surface area contributed by atoms with E-state index in [0.29, 0.717) is 11.4 Å². The number of benzene rings is 2. The number of nitrogens with zero attached hydrogens (tertiary/aromatic N) is 2. The van der Waals surface area contributed by atoms with Crippen molar-refractivity contribution in [2.24, 2.45) is 0 Å². The van der Waals surface area contributed by atoms with Crippen molar-refractivity contribution in [2.75, 3.05) is 12.4 Å². The topological polar surface area (TPSA) is 86.5 Å². The zero-order chi connectivity index (χ0) is 20.8. The first-order valence-corrected chi connectivity index (χ1v) is 9.70. The first-order valence-electron chi connectivity index (χ1n) is 8.82. The Labute approximate surface area is 171 Å². The molecule has 2 atom stereocenters. The average molecular weight is 417 g/mol. The fourth-order valence-electron chi connectivity index (χ4n) is 2.34. The van der Waals surface area contributed by atoms with Gasteiger partial charge in [0.15, 0.2) is 17.7 Å². The monoisotopic (exact) mass is 417 g/mol. The van der Waals surface area contributed by atoms with Crippen molar-refractivity contribution in [3.8, 4) is 11.5 Å². The maximum Gasteiger partial charge on any atom is 0.277 e. The third kappa shape index (κ3) is 5.47. The van der Waals surface area contributed by atoms with Gasteiger partial charge in [-0.1, -0.05) is 23.9 Å². The molecule has 3 rings (SSSR count). The Kier molecular flexibility index (Phi) is 6.71. The SMILES string of the molecule is COc1ccc(NC(=O)[C@H](C)Sc2nnc([C@H](C)Oc3ccccc3F)o2)cc1. The summed E-state index contributed by atoms with van der Waals surface area (Å²) in [6, 6.07) is 13.1. The molecular formula is C20H20FN3O4S. The third-order valence-electron chi connectivity index (χ3n) is 3.91. The maximum absolute atomic E-state index is 13.7. The second kappa shape index (κ2) is 9.42. The number of para-hydroxylation sites is 1. The lowest BCUT2D eigenvalue weighted by atomic mass is 10.3. The van der Waals surface area contributed by atoms with Crippen LogP contribution in [0.2, 0.25) is 0 Å². The van der Waals surface area contributed by atoms with Gasteiger partial charge in [0.25, 0.3) is 11.1 Å². The summed E-state index contributed by atoms with van der Waals surface area (Å²) < 4.78 is 29.9. The Morgan fingerprint density at radius 3 is 2.55 bits per heavy atom. The predicted octanol–water partition coefficient (Wildman–Crippen LogP) is 4.48. The summed E-state index contributed by atoms with van der Waals surface area (Å²) in [4.78, 5) is 12.4. The van der Waals surface area contributed by atoms with E-state index < -0.39 is 17.2 Å². The zero-order valence-electron chi connectivity index (χ0n) is 16.1. The van der Waals surface area contributed by atoms with Gasteiger partial charge in [-0.3, -0.25) is 4.79 Å². The smallest absolute Gasteiger partial charge is 0.277 e. The number of amides is 1. The standard InChI is InChI=1S/C20H20FN3O4S/c1-12(27-17-7-5-4-6-16(17)21)19-23-24-20(28-19)29-13(2)18(25)22-14-8-10-15(26-3)11-9-14/h4-13H,1-3H3,(H,22,25)/t12-,13-/m0/s1. The molecule has 0 saturated heterocycles. The summed E-state index contributed by atoms with van der Waals surface area (Å²) in [5.41, 5.74) is 0.654. The molecule has 2 aromatic carbocycles. The molecule has 0 aliphatic rings. The molecule has 0 saturated carbocycles. The van der Waals surface area contributed by atoms with Crippen LogP contribution in [0.3, 0.4) is 0 Å². The van der Waals surface area contributed by atoms with Crippen molar-refractivity contribution >= 4 is 23.4 Å². The van der Waals surface area contributed by atoms with Crippen molar-refractivity contribution in [2.45, 2.75) is 30.4 Å². The average Bonchev–Trinajstić information content (AvgIpc) is 3.19. The number of hydrogen-bond acceptors (Lipinski definition) is 7. The summed E-state index contributed by atoms with van der Waals surface area (Å²) in [5, 5.41) is 10.4. The number of rotatable bonds is 8. The van der Waals surface area contributed by atoms with Crippen molar-refractivity contribution < 1.29 is 23.1 Å². The highest BCUT2D eigenvalue weighted by Gasteiger charge is 2.21. The van der Waals surface area contributed by atoms with Crippen LogP contribution in [0.5, 0.6) is 11.5 Å². The summed E-state index contributed by atoms with van der Waals surface area (Å²) in [6.45, 7) is 3.40. The van der Waals surface area contributed by atoms with Crippen LogP contribution in [0.15, 0.2) is 58.2 Å². The number of aromatic nitrogens is 2. The molecule has 29 heavy (non-hydrogen) atoms. The van der Waals surface area contributed by atoms with Crippen LogP contribution in [0.1, 0.15) is 25.8 Å². The number of ether oxygens (including phenoxy) is 2. The largest absolute Gasteiger partial charge is 0.497 e. The highest BCUT2D eigenvalue weighted by atomic mass is 32.2. The summed E-state index contributed by atoms with van der Waals surface area (Å²) >= 11 is 1.12. The molecule has 0 aliphatic carbocycles. The van der Waals surface area contributed by atoms with E-state index in [1.807, 2.05) is 0 Å². The van der Waals surface area contributed by atoms with Crippen LogP contribution < -0.4 is 14.8 Å². The minimum atomic E-state index is -0.641. The molecule has 0 spiro atoms. The van der Waals surface area contributed by atoms with Gasteiger partial charge in [0.1, 0.15) is 5.75 Å². The van der Waals surface area contributed by atoms with Gasteiger partial charge in [0, 0.05) is 5.69 Å². The molecule has 3 aromatic rings. The van der Waals surface area contributed by atoms with Crippen LogP contribution in [0.4, 0.5) is 10.1 Å². The number of methoxy groups -OCH3 is 1. The molecule has 0 fully saturated rings. The lowest BCUT2D eigenvalue weighted by molar-refractivity contribution is -0.115. The lowest BCUT2D eigenvalue weighted by Crippen LogP contribution is -2.22. The highest BCUT2D eigenvalue weighted by molar-refractivity contribution is 8.00. The third-order valence-corrected chi connectivity index (χ3v) is 4.85. The van der Waals surface area contributed by atoms with E-state index in [1.54, 1.807) is 57.4 Å². The van der Waals surface area contributed by atoms with Gasteiger partial charge in [-0.15, -0.1) is 10.2 Å². The second-order valence-corrected chi connectivity index (χ2v) is 7.37. The number of anilines is 1. The minimum Gasteiger partial charge on any atom is -0.497 e. The van der Waals surface area contributed by atoms with Gasteiger partial charge >= 0.3 is 0 Å². The Morgan fingerprint density at radius 1 is 1.14 bits per heavy atom. The van der Waals surface area contributed by atoms with Gasteiger partial charge in [-0.25, -0.2) is 4.39 Å². The first-order chi connectivity index (χ1) is 14.0. The van der Waals surface area contributed by atoms with E-state index >= 15 is 0 Å². The van der Waals surface area contributed by atoms with Crippen LogP contribution in [0, 0.1) is 5.82 Å². The van der Waals surface area contributed by atoms with Gasteiger partial charge in [0.2, 0.25) is 5.91 Å². The van der Waals surface area contributed by atoms with Gasteiger partial charge in [-0.2, -0.15) is 0 Å². The predicted molar refractivity (Wildman–Crippen MR) is 107 cm³/mol. The summed E-state index contributed by atoms with van der Waals surface area (Å²) in [5.74, 6) is 0.307. The van der Waals surface area contributed by atoms with Crippen LogP contribution in [-0.2, 0) is 4.79 Å². The Morgan fingerprint density at radius 2 is 1.86 bits per heavy atom. The van der Waals surface area contributed by atoms with Gasteiger partial charge < -0.3 is 19.2 Å². The molecule has 0 radical (unpaired) electrons. The molecule has 1 heterocycles. The summed E-state index contributed by atoms with van der Waals surface area (Å²) in [7, 11) is 1.58. The van der Waals surface area contributed by atoms with E-state index in [0.717, 1.165) is 11.8 Å². The van der Waals surface area contributed by atoms with Crippen molar-refractivity contribution in [1.29, 1.82) is 0 Å². The fourth-order valence-corrected chi connectivity index (χ4v) is 3.03. The first kappa shape index (κ1) is 20.7. The minimum absolute atomic E-state index is 0.0969. The van der Waals surface area contributed by atoms with Crippen LogP contribution in [-0.4, -0.2) is 28.5 Å². The Bertz CT molecular complexity index is 964. The molecular weight excluding hydrogens is 397 g/mol. The molecule has 9 heteroatoms. The number of carbonyl (C=O) groups is 1. The molecule has 0 aliphatic heterocycles. The van der Waals surface area contributed by atoms with E-state index in [2.05, 4.69) is 15.5 Å². The molecule has 1 N–H and O–H groups in total. The van der Waals surface area contributed by atoms with Crippen LogP contribution >= 0.6 is 11.8 Å². The molecule has 7 nitrogen and oxygen atoms in total. The zero-order valence-corrected chi connectivity index (χ0v) is 16.9. The number of halogens is 1.